The highest BCUT2D eigenvalue weighted by molar-refractivity contribution is 5.93. The average Bonchev–Trinajstić information content (AvgIpc) is 2.73. The molecule has 2 aromatic rings. The summed E-state index contributed by atoms with van der Waals surface area (Å²) in [5.74, 6) is -0.468. The van der Waals surface area contributed by atoms with Gasteiger partial charge in [-0.05, 0) is 24.6 Å². The van der Waals surface area contributed by atoms with Gasteiger partial charge in [-0.25, -0.2) is 4.68 Å². The van der Waals surface area contributed by atoms with Crippen molar-refractivity contribution in [2.24, 2.45) is 0 Å². The van der Waals surface area contributed by atoms with E-state index in [1.54, 1.807) is 18.2 Å². The Balaban J connectivity index is 2.62. The summed E-state index contributed by atoms with van der Waals surface area (Å²) < 4.78 is 39.0. The number of alkyl halides is 3. The summed E-state index contributed by atoms with van der Waals surface area (Å²) >= 11 is 0. The van der Waals surface area contributed by atoms with Gasteiger partial charge in [0.1, 0.15) is 5.69 Å². The maximum absolute atomic E-state index is 12.7. The SMILES string of the molecule is CC(=O)c1cc(C(F)(F)F)nn1-c1cccc(C)c1. The van der Waals surface area contributed by atoms with Gasteiger partial charge in [0.15, 0.2) is 11.5 Å². The maximum Gasteiger partial charge on any atom is 0.435 e. The van der Waals surface area contributed by atoms with E-state index in [0.717, 1.165) is 16.3 Å². The lowest BCUT2D eigenvalue weighted by Gasteiger charge is -2.06. The van der Waals surface area contributed by atoms with Crippen molar-refractivity contribution in [2.75, 3.05) is 0 Å². The third-order valence-electron chi connectivity index (χ3n) is 2.61. The fourth-order valence-electron chi connectivity index (χ4n) is 1.73. The van der Waals surface area contributed by atoms with Crippen LogP contribution < -0.4 is 0 Å². The van der Waals surface area contributed by atoms with Crippen LogP contribution in [-0.4, -0.2) is 15.6 Å². The molecule has 3 nitrogen and oxygen atoms in total. The number of Topliss-reactive ketones (excluding diaryl/α,β-unsaturated/α-hetero) is 1. The summed E-state index contributed by atoms with van der Waals surface area (Å²) in [7, 11) is 0. The molecule has 1 heterocycles. The Hall–Kier alpha value is -2.11. The zero-order valence-electron chi connectivity index (χ0n) is 10.3. The number of hydrogen-bond donors (Lipinski definition) is 0. The predicted octanol–water partition coefficient (Wildman–Crippen LogP) is 3.40. The Kier molecular flexibility index (Phi) is 3.18. The molecule has 0 N–H and O–H groups in total. The highest BCUT2D eigenvalue weighted by Gasteiger charge is 2.35. The topological polar surface area (TPSA) is 34.9 Å². The number of nitrogens with zero attached hydrogens (tertiary/aromatic N) is 2. The molecule has 1 aromatic heterocycles. The molecule has 0 atom stereocenters. The van der Waals surface area contributed by atoms with Gasteiger partial charge in [-0.3, -0.25) is 4.79 Å². The van der Waals surface area contributed by atoms with Gasteiger partial charge in [0.05, 0.1) is 5.69 Å². The second-order valence-electron chi connectivity index (χ2n) is 4.22. The number of hydrogen-bond acceptors (Lipinski definition) is 2. The van der Waals surface area contributed by atoms with E-state index >= 15 is 0 Å². The zero-order valence-corrected chi connectivity index (χ0v) is 10.3. The zero-order chi connectivity index (χ0) is 14.2. The monoisotopic (exact) mass is 268 g/mol. The van der Waals surface area contributed by atoms with Crippen molar-refractivity contribution in [1.29, 1.82) is 0 Å². The van der Waals surface area contributed by atoms with Crippen LogP contribution in [0.15, 0.2) is 30.3 Å². The Labute approximate surface area is 107 Å². The van der Waals surface area contributed by atoms with Gasteiger partial charge in [-0.15, -0.1) is 0 Å². The van der Waals surface area contributed by atoms with Crippen molar-refractivity contribution in [1.82, 2.24) is 9.78 Å². The van der Waals surface area contributed by atoms with Crippen LogP contribution in [0.2, 0.25) is 0 Å². The Bertz CT molecular complexity index is 629. The van der Waals surface area contributed by atoms with E-state index < -0.39 is 17.7 Å². The van der Waals surface area contributed by atoms with Gasteiger partial charge in [0, 0.05) is 13.0 Å². The number of carbonyl (C=O) groups excluding carboxylic acids is 1. The molecule has 0 saturated carbocycles. The minimum Gasteiger partial charge on any atom is -0.293 e. The number of benzene rings is 1. The van der Waals surface area contributed by atoms with E-state index in [1.165, 1.54) is 6.92 Å². The van der Waals surface area contributed by atoms with Crippen molar-refractivity contribution < 1.29 is 18.0 Å². The third-order valence-corrected chi connectivity index (χ3v) is 2.61. The molecule has 0 spiro atoms. The minimum absolute atomic E-state index is 0.0853. The van der Waals surface area contributed by atoms with Crippen molar-refractivity contribution in [2.45, 2.75) is 20.0 Å². The summed E-state index contributed by atoms with van der Waals surface area (Å²) in [4.78, 5) is 11.4. The van der Waals surface area contributed by atoms with Crippen LogP contribution in [0.4, 0.5) is 13.2 Å². The molecule has 19 heavy (non-hydrogen) atoms. The third kappa shape index (κ3) is 2.67. The molecule has 0 unspecified atom stereocenters. The predicted molar refractivity (Wildman–Crippen MR) is 63.3 cm³/mol. The van der Waals surface area contributed by atoms with Gasteiger partial charge in [-0.1, -0.05) is 12.1 Å². The minimum atomic E-state index is -4.57. The molecule has 0 aliphatic heterocycles. The molecule has 0 bridgehead atoms. The van der Waals surface area contributed by atoms with Crippen molar-refractivity contribution in [3.8, 4) is 5.69 Å². The van der Waals surface area contributed by atoms with Gasteiger partial charge in [-0.2, -0.15) is 18.3 Å². The Morgan fingerprint density at radius 1 is 1.26 bits per heavy atom. The maximum atomic E-state index is 12.7. The molecule has 6 heteroatoms. The molecule has 0 radical (unpaired) electrons. The fraction of sp³-hybridized carbons (Fsp3) is 0.231. The lowest BCUT2D eigenvalue weighted by Crippen LogP contribution is -2.08. The first-order valence-electron chi connectivity index (χ1n) is 5.54. The van der Waals surface area contributed by atoms with Crippen LogP contribution in [0.3, 0.4) is 0 Å². The first kappa shape index (κ1) is 13.3. The van der Waals surface area contributed by atoms with Crippen LogP contribution in [0.1, 0.15) is 28.7 Å². The standard InChI is InChI=1S/C13H11F3N2O/c1-8-4-3-5-10(6-8)18-11(9(2)19)7-12(17-18)13(14,15)16/h3-7H,1-2H3. The second kappa shape index (κ2) is 4.53. The number of rotatable bonds is 2. The van der Waals surface area contributed by atoms with Crippen molar-refractivity contribution in [3.63, 3.8) is 0 Å². The summed E-state index contributed by atoms with van der Waals surface area (Å²) in [6.07, 6.45) is -4.57. The number of carbonyl (C=O) groups is 1. The second-order valence-corrected chi connectivity index (χ2v) is 4.22. The summed E-state index contributed by atoms with van der Waals surface area (Å²) in [6.45, 7) is 3.02. The lowest BCUT2D eigenvalue weighted by atomic mass is 10.2. The molecule has 0 aliphatic rings. The van der Waals surface area contributed by atoms with E-state index in [9.17, 15) is 18.0 Å². The van der Waals surface area contributed by atoms with E-state index in [-0.39, 0.29) is 5.69 Å². The summed E-state index contributed by atoms with van der Waals surface area (Å²) in [6, 6.07) is 7.55. The molecule has 1 aromatic carbocycles. The number of halogens is 3. The molecule has 2 rings (SSSR count). The largest absolute Gasteiger partial charge is 0.435 e. The highest BCUT2D eigenvalue weighted by atomic mass is 19.4. The van der Waals surface area contributed by atoms with E-state index in [1.807, 2.05) is 13.0 Å². The van der Waals surface area contributed by atoms with Crippen molar-refractivity contribution in [3.05, 3.63) is 47.3 Å². The number of aromatic nitrogens is 2. The van der Waals surface area contributed by atoms with Crippen LogP contribution >= 0.6 is 0 Å². The van der Waals surface area contributed by atoms with Gasteiger partial charge in [0.2, 0.25) is 0 Å². The first-order chi connectivity index (χ1) is 8.79. The first-order valence-corrected chi connectivity index (χ1v) is 5.54. The Morgan fingerprint density at radius 3 is 2.47 bits per heavy atom. The van der Waals surface area contributed by atoms with E-state index in [0.29, 0.717) is 5.69 Å². The number of ketones is 1. The normalized spacial score (nSPS) is 11.6. The van der Waals surface area contributed by atoms with Crippen molar-refractivity contribution >= 4 is 5.78 Å². The smallest absolute Gasteiger partial charge is 0.293 e. The van der Waals surface area contributed by atoms with Crippen LogP contribution in [0.5, 0.6) is 0 Å². The van der Waals surface area contributed by atoms with E-state index in [2.05, 4.69) is 5.10 Å². The molecular formula is C13H11F3N2O. The van der Waals surface area contributed by atoms with Crippen LogP contribution in [0.25, 0.3) is 5.69 Å². The number of aryl methyl sites for hydroxylation is 1. The average molecular weight is 268 g/mol. The lowest BCUT2D eigenvalue weighted by molar-refractivity contribution is -0.141. The fourth-order valence-corrected chi connectivity index (χ4v) is 1.73. The quantitative estimate of drug-likeness (QED) is 0.782. The summed E-state index contributed by atoms with van der Waals surface area (Å²) in [5.41, 5.74) is 0.147. The molecule has 0 aliphatic carbocycles. The summed E-state index contributed by atoms with van der Waals surface area (Å²) in [5, 5.41) is 3.48. The highest BCUT2D eigenvalue weighted by Crippen LogP contribution is 2.29. The molecule has 0 amide bonds. The molecule has 100 valence electrons. The van der Waals surface area contributed by atoms with E-state index in [4.69, 9.17) is 0 Å². The van der Waals surface area contributed by atoms with Crippen LogP contribution in [-0.2, 0) is 6.18 Å². The van der Waals surface area contributed by atoms with Gasteiger partial charge in [0.25, 0.3) is 0 Å². The van der Waals surface area contributed by atoms with Crippen LogP contribution in [0, 0.1) is 6.92 Å². The van der Waals surface area contributed by atoms with Gasteiger partial charge < -0.3 is 0 Å². The molecule has 0 saturated heterocycles. The molecular weight excluding hydrogens is 257 g/mol. The molecule has 0 fully saturated rings. The van der Waals surface area contributed by atoms with Gasteiger partial charge >= 0.3 is 6.18 Å². The Morgan fingerprint density at radius 2 is 1.95 bits per heavy atom.